The quantitative estimate of drug-likeness (QED) is 0.792. The fraction of sp³-hybridized carbons (Fsp3) is 0.471. The highest BCUT2D eigenvalue weighted by Gasteiger charge is 2.09. The lowest BCUT2D eigenvalue weighted by atomic mass is 9.99. The van der Waals surface area contributed by atoms with Crippen LogP contribution in [0.2, 0.25) is 0 Å². The van der Waals surface area contributed by atoms with E-state index in [0.29, 0.717) is 5.69 Å². The lowest BCUT2D eigenvalue weighted by Crippen LogP contribution is -2.22. The molecule has 6 heteroatoms. The van der Waals surface area contributed by atoms with Crippen molar-refractivity contribution in [1.82, 2.24) is 5.43 Å². The number of ether oxygens (including phenoxy) is 1. The van der Waals surface area contributed by atoms with Crippen molar-refractivity contribution in [2.45, 2.75) is 44.9 Å². The van der Waals surface area contributed by atoms with Gasteiger partial charge in [-0.15, -0.1) is 0 Å². The second-order valence-electron chi connectivity index (χ2n) is 5.55. The van der Waals surface area contributed by atoms with E-state index in [-0.39, 0.29) is 24.7 Å². The molecule has 1 saturated carbocycles. The smallest absolute Gasteiger partial charge is 0.240 e. The van der Waals surface area contributed by atoms with Gasteiger partial charge in [-0.25, -0.2) is 5.43 Å². The maximum absolute atomic E-state index is 11.8. The van der Waals surface area contributed by atoms with E-state index in [1.807, 2.05) is 0 Å². The minimum Gasteiger partial charge on any atom is -0.497 e. The summed E-state index contributed by atoms with van der Waals surface area (Å²) >= 11 is 0. The Hall–Kier alpha value is -2.37. The molecule has 0 aromatic heterocycles. The summed E-state index contributed by atoms with van der Waals surface area (Å²) in [7, 11) is 1.59. The van der Waals surface area contributed by atoms with E-state index in [1.54, 1.807) is 31.4 Å². The number of amides is 2. The van der Waals surface area contributed by atoms with Crippen molar-refractivity contribution in [1.29, 1.82) is 0 Å². The first kappa shape index (κ1) is 17.0. The molecule has 0 spiro atoms. The van der Waals surface area contributed by atoms with Crippen molar-refractivity contribution in [3.63, 3.8) is 0 Å². The van der Waals surface area contributed by atoms with Crippen molar-refractivity contribution < 1.29 is 14.3 Å². The number of rotatable bonds is 6. The molecule has 2 rings (SSSR count). The fourth-order valence-corrected chi connectivity index (χ4v) is 2.39. The van der Waals surface area contributed by atoms with Gasteiger partial charge in [0, 0.05) is 24.2 Å². The Morgan fingerprint density at radius 3 is 2.35 bits per heavy atom. The third-order valence-electron chi connectivity index (χ3n) is 3.72. The summed E-state index contributed by atoms with van der Waals surface area (Å²) in [6.07, 6.45) is 5.67. The minimum atomic E-state index is -0.229. The van der Waals surface area contributed by atoms with E-state index in [9.17, 15) is 9.59 Å². The molecule has 124 valence electrons. The lowest BCUT2D eigenvalue weighted by molar-refractivity contribution is -0.124. The van der Waals surface area contributed by atoms with Gasteiger partial charge < -0.3 is 10.1 Å². The molecule has 2 N–H and O–H groups in total. The maximum atomic E-state index is 11.8. The standard InChI is InChI=1S/C17H23N3O3/c1-23-15-9-7-13(8-10-15)18-16(21)11-12-17(22)20-19-14-5-3-2-4-6-14/h7-10H,2-6,11-12H2,1H3,(H,18,21)(H,20,22). The molecule has 0 atom stereocenters. The third-order valence-corrected chi connectivity index (χ3v) is 3.72. The third kappa shape index (κ3) is 6.10. The van der Waals surface area contributed by atoms with Crippen LogP contribution in [0.4, 0.5) is 5.69 Å². The van der Waals surface area contributed by atoms with E-state index in [2.05, 4.69) is 15.8 Å². The monoisotopic (exact) mass is 317 g/mol. The normalized spacial score (nSPS) is 14.0. The summed E-state index contributed by atoms with van der Waals surface area (Å²) in [5.41, 5.74) is 4.27. The van der Waals surface area contributed by atoms with Crippen LogP contribution >= 0.6 is 0 Å². The van der Waals surface area contributed by atoms with E-state index < -0.39 is 0 Å². The van der Waals surface area contributed by atoms with Crippen LogP contribution in [0.25, 0.3) is 0 Å². The number of methoxy groups -OCH3 is 1. The number of carbonyl (C=O) groups is 2. The van der Waals surface area contributed by atoms with Crippen molar-refractivity contribution in [3.05, 3.63) is 24.3 Å². The number of nitrogens with one attached hydrogen (secondary N) is 2. The molecule has 0 unspecified atom stereocenters. The zero-order valence-electron chi connectivity index (χ0n) is 13.4. The number of nitrogens with zero attached hydrogens (tertiary/aromatic N) is 1. The second kappa shape index (κ2) is 8.92. The Bertz CT molecular complexity index is 559. The Morgan fingerprint density at radius 2 is 1.70 bits per heavy atom. The van der Waals surface area contributed by atoms with E-state index in [1.165, 1.54) is 6.42 Å². The molecule has 2 amide bonds. The summed E-state index contributed by atoms with van der Waals surface area (Å²) in [6, 6.07) is 7.04. The highest BCUT2D eigenvalue weighted by Crippen LogP contribution is 2.15. The van der Waals surface area contributed by atoms with Gasteiger partial charge in [-0.2, -0.15) is 5.10 Å². The lowest BCUT2D eigenvalue weighted by Gasteiger charge is -2.12. The summed E-state index contributed by atoms with van der Waals surface area (Å²) in [6.45, 7) is 0. The van der Waals surface area contributed by atoms with Crippen molar-refractivity contribution in [2.24, 2.45) is 5.10 Å². The number of benzene rings is 1. The average molecular weight is 317 g/mol. The number of anilines is 1. The highest BCUT2D eigenvalue weighted by atomic mass is 16.5. The zero-order valence-corrected chi connectivity index (χ0v) is 13.4. The van der Waals surface area contributed by atoms with Gasteiger partial charge in [0.2, 0.25) is 11.8 Å². The summed E-state index contributed by atoms with van der Waals surface area (Å²) in [5, 5.41) is 6.88. The van der Waals surface area contributed by atoms with Gasteiger partial charge >= 0.3 is 0 Å². The maximum Gasteiger partial charge on any atom is 0.240 e. The van der Waals surface area contributed by atoms with Crippen molar-refractivity contribution in [2.75, 3.05) is 12.4 Å². The Labute approximate surface area is 136 Å². The predicted molar refractivity (Wildman–Crippen MR) is 89.5 cm³/mol. The molecule has 6 nitrogen and oxygen atoms in total. The molecule has 1 fully saturated rings. The molecule has 0 bridgehead atoms. The molecule has 0 radical (unpaired) electrons. The van der Waals surface area contributed by atoms with Crippen LogP contribution in [0.15, 0.2) is 29.4 Å². The Balaban J connectivity index is 1.69. The number of hydrogen-bond donors (Lipinski definition) is 2. The molecular formula is C17H23N3O3. The van der Waals surface area contributed by atoms with Gasteiger partial charge in [-0.3, -0.25) is 9.59 Å². The zero-order chi connectivity index (χ0) is 16.5. The van der Waals surface area contributed by atoms with Crippen LogP contribution < -0.4 is 15.5 Å². The minimum absolute atomic E-state index is 0.124. The molecule has 1 aliphatic rings. The first-order chi connectivity index (χ1) is 11.2. The topological polar surface area (TPSA) is 79.8 Å². The molecular weight excluding hydrogens is 294 g/mol. The average Bonchev–Trinajstić information content (AvgIpc) is 2.60. The van der Waals surface area contributed by atoms with Crippen molar-refractivity contribution >= 4 is 23.2 Å². The van der Waals surface area contributed by atoms with E-state index in [0.717, 1.165) is 37.1 Å². The predicted octanol–water partition coefficient (Wildman–Crippen LogP) is 2.85. The number of hydrogen-bond acceptors (Lipinski definition) is 4. The first-order valence-electron chi connectivity index (χ1n) is 7.95. The Kier molecular flexibility index (Phi) is 6.59. The van der Waals surface area contributed by atoms with Gasteiger partial charge in [0.25, 0.3) is 0 Å². The van der Waals surface area contributed by atoms with Crippen LogP contribution in [-0.2, 0) is 9.59 Å². The summed E-state index contributed by atoms with van der Waals surface area (Å²) in [4.78, 5) is 23.5. The van der Waals surface area contributed by atoms with Crippen LogP contribution in [0, 0.1) is 0 Å². The number of carbonyl (C=O) groups excluding carboxylic acids is 2. The highest BCUT2D eigenvalue weighted by molar-refractivity contribution is 5.93. The molecule has 0 saturated heterocycles. The van der Waals surface area contributed by atoms with Gasteiger partial charge in [0.1, 0.15) is 5.75 Å². The molecule has 1 aromatic carbocycles. The summed E-state index contributed by atoms with van der Waals surface area (Å²) < 4.78 is 5.05. The van der Waals surface area contributed by atoms with Gasteiger partial charge in [0.05, 0.1) is 7.11 Å². The van der Waals surface area contributed by atoms with Crippen LogP contribution in [-0.4, -0.2) is 24.6 Å². The first-order valence-corrected chi connectivity index (χ1v) is 7.95. The largest absolute Gasteiger partial charge is 0.497 e. The van der Waals surface area contributed by atoms with Crippen LogP contribution in [0.3, 0.4) is 0 Å². The molecule has 1 aliphatic carbocycles. The SMILES string of the molecule is COc1ccc(NC(=O)CCC(=O)NN=C2CCCCC2)cc1. The Morgan fingerprint density at radius 1 is 1.04 bits per heavy atom. The fourth-order valence-electron chi connectivity index (χ4n) is 2.39. The van der Waals surface area contributed by atoms with E-state index >= 15 is 0 Å². The van der Waals surface area contributed by atoms with Crippen molar-refractivity contribution in [3.8, 4) is 5.75 Å². The molecule has 23 heavy (non-hydrogen) atoms. The summed E-state index contributed by atoms with van der Waals surface area (Å²) in [5.74, 6) is 0.299. The van der Waals surface area contributed by atoms with Gasteiger partial charge in [0.15, 0.2) is 0 Å². The number of hydrazone groups is 1. The van der Waals surface area contributed by atoms with Crippen LogP contribution in [0.5, 0.6) is 5.75 Å². The van der Waals surface area contributed by atoms with Gasteiger partial charge in [-0.1, -0.05) is 6.42 Å². The second-order valence-corrected chi connectivity index (χ2v) is 5.55. The molecule has 0 aliphatic heterocycles. The van der Waals surface area contributed by atoms with Crippen LogP contribution in [0.1, 0.15) is 44.9 Å². The van der Waals surface area contributed by atoms with Gasteiger partial charge in [-0.05, 0) is 49.9 Å². The molecule has 1 aromatic rings. The van der Waals surface area contributed by atoms with E-state index in [4.69, 9.17) is 4.74 Å². The molecule has 0 heterocycles.